The second-order valence-electron chi connectivity index (χ2n) is 5.49. The number of hydrogen-bond donors (Lipinski definition) is 2. The Balaban J connectivity index is 1.61. The molecular weight excluding hydrogens is 306 g/mol. The van der Waals surface area contributed by atoms with Gasteiger partial charge >= 0.3 is 6.03 Å². The lowest BCUT2D eigenvalue weighted by Gasteiger charge is -2.27. The lowest BCUT2D eigenvalue weighted by molar-refractivity contribution is 0.122. The van der Waals surface area contributed by atoms with E-state index in [2.05, 4.69) is 32.4 Å². The predicted octanol–water partition coefficient (Wildman–Crippen LogP) is 2.52. The Morgan fingerprint density at radius 1 is 1.17 bits per heavy atom. The summed E-state index contributed by atoms with van der Waals surface area (Å²) in [4.78, 5) is 22.6. The third kappa shape index (κ3) is 4.20. The van der Waals surface area contributed by atoms with Gasteiger partial charge in [-0.3, -0.25) is 5.32 Å². The number of nitrogens with zero attached hydrogens (tertiary/aromatic N) is 3. The largest absolute Gasteiger partial charge is 0.378 e. The number of rotatable bonds is 4. The maximum absolute atomic E-state index is 12.1. The molecule has 126 valence electrons. The van der Waals surface area contributed by atoms with Crippen LogP contribution in [-0.2, 0) is 11.2 Å². The minimum atomic E-state index is -0.328. The molecule has 0 saturated carbocycles. The van der Waals surface area contributed by atoms with Gasteiger partial charge in [0.2, 0.25) is 0 Å². The fourth-order valence-corrected chi connectivity index (χ4v) is 2.48. The first-order valence-electron chi connectivity index (χ1n) is 8.06. The van der Waals surface area contributed by atoms with Crippen molar-refractivity contribution in [3.8, 4) is 0 Å². The fraction of sp³-hybridized carbons (Fsp3) is 0.353. The molecule has 1 aliphatic rings. The zero-order chi connectivity index (χ0) is 16.8. The number of hydrogen-bond acceptors (Lipinski definition) is 5. The van der Waals surface area contributed by atoms with Crippen molar-refractivity contribution in [2.75, 3.05) is 41.8 Å². The summed E-state index contributed by atoms with van der Waals surface area (Å²) < 4.78 is 5.33. The van der Waals surface area contributed by atoms with Crippen LogP contribution >= 0.6 is 0 Å². The van der Waals surface area contributed by atoms with Gasteiger partial charge in [-0.05, 0) is 24.1 Å². The number of carbonyl (C=O) groups excluding carboxylic acids is 1. The maximum atomic E-state index is 12.1. The van der Waals surface area contributed by atoms with Crippen molar-refractivity contribution in [1.82, 2.24) is 9.97 Å². The Morgan fingerprint density at radius 3 is 2.62 bits per heavy atom. The summed E-state index contributed by atoms with van der Waals surface area (Å²) in [5.74, 6) is 1.25. The molecule has 7 heteroatoms. The van der Waals surface area contributed by atoms with Crippen molar-refractivity contribution in [1.29, 1.82) is 0 Å². The molecule has 0 radical (unpaired) electrons. The van der Waals surface area contributed by atoms with E-state index in [0.29, 0.717) is 19.0 Å². The van der Waals surface area contributed by atoms with Crippen molar-refractivity contribution in [2.24, 2.45) is 0 Å². The zero-order valence-corrected chi connectivity index (χ0v) is 13.7. The fourth-order valence-electron chi connectivity index (χ4n) is 2.48. The average Bonchev–Trinajstić information content (AvgIpc) is 2.63. The second kappa shape index (κ2) is 7.74. The first-order chi connectivity index (χ1) is 11.7. The number of ether oxygens (including phenoxy) is 1. The molecule has 1 aromatic carbocycles. The third-order valence-corrected chi connectivity index (χ3v) is 3.85. The van der Waals surface area contributed by atoms with Gasteiger partial charge in [0.25, 0.3) is 0 Å². The molecule has 3 rings (SSSR count). The predicted molar refractivity (Wildman–Crippen MR) is 93.5 cm³/mol. The Kier molecular flexibility index (Phi) is 5.22. The molecule has 0 atom stereocenters. The van der Waals surface area contributed by atoms with Gasteiger partial charge < -0.3 is 15.0 Å². The highest BCUT2D eigenvalue weighted by atomic mass is 16.5. The van der Waals surface area contributed by atoms with Crippen LogP contribution in [0.25, 0.3) is 0 Å². The normalized spacial score (nSPS) is 14.3. The van der Waals surface area contributed by atoms with Crippen LogP contribution in [0.15, 0.2) is 36.7 Å². The number of aryl methyl sites for hydroxylation is 1. The van der Waals surface area contributed by atoms with Crippen molar-refractivity contribution < 1.29 is 9.53 Å². The molecule has 1 aromatic heterocycles. The minimum Gasteiger partial charge on any atom is -0.378 e. The van der Waals surface area contributed by atoms with Gasteiger partial charge in [0.05, 0.1) is 13.2 Å². The van der Waals surface area contributed by atoms with Crippen LogP contribution in [0.3, 0.4) is 0 Å². The number of carbonyl (C=O) groups is 1. The Hall–Kier alpha value is -2.67. The van der Waals surface area contributed by atoms with Crippen LogP contribution in [0.1, 0.15) is 12.5 Å². The van der Waals surface area contributed by atoms with E-state index in [-0.39, 0.29) is 6.03 Å². The van der Waals surface area contributed by atoms with E-state index in [4.69, 9.17) is 4.74 Å². The minimum absolute atomic E-state index is 0.328. The molecule has 1 saturated heterocycles. The summed E-state index contributed by atoms with van der Waals surface area (Å²) in [5.41, 5.74) is 1.97. The average molecular weight is 327 g/mol. The Labute approximate surface area is 141 Å². The van der Waals surface area contributed by atoms with Crippen LogP contribution in [0.4, 0.5) is 22.1 Å². The zero-order valence-electron chi connectivity index (χ0n) is 13.7. The maximum Gasteiger partial charge on any atom is 0.324 e. The van der Waals surface area contributed by atoms with E-state index < -0.39 is 0 Å². The topological polar surface area (TPSA) is 79.4 Å². The summed E-state index contributed by atoms with van der Waals surface area (Å²) in [7, 11) is 0. The lowest BCUT2D eigenvalue weighted by Crippen LogP contribution is -2.36. The summed E-state index contributed by atoms with van der Waals surface area (Å²) in [5, 5.41) is 5.54. The van der Waals surface area contributed by atoms with E-state index in [1.54, 1.807) is 6.07 Å². The molecule has 1 aliphatic heterocycles. The number of morpholine rings is 1. The number of amides is 2. The summed E-state index contributed by atoms with van der Waals surface area (Å²) in [6.45, 7) is 5.02. The molecular formula is C17H21N5O2. The molecule has 0 bridgehead atoms. The number of aromatic nitrogens is 2. The summed E-state index contributed by atoms with van der Waals surface area (Å²) >= 11 is 0. The molecule has 2 heterocycles. The standard InChI is InChI=1S/C17H21N5O2/c1-2-13-3-5-14(6-4-13)20-17(23)21-15-11-16(19-12-18-15)22-7-9-24-10-8-22/h3-6,11-12H,2,7-10H2,1H3,(H2,18,19,20,21,23). The highest BCUT2D eigenvalue weighted by Crippen LogP contribution is 2.16. The summed E-state index contributed by atoms with van der Waals surface area (Å²) in [6, 6.07) is 9.21. The van der Waals surface area contributed by atoms with Gasteiger partial charge in [0.15, 0.2) is 0 Å². The quantitative estimate of drug-likeness (QED) is 0.902. The number of anilines is 3. The molecule has 7 nitrogen and oxygen atoms in total. The van der Waals surface area contributed by atoms with E-state index in [0.717, 1.165) is 31.0 Å². The number of nitrogens with one attached hydrogen (secondary N) is 2. The molecule has 2 N–H and O–H groups in total. The van der Waals surface area contributed by atoms with Gasteiger partial charge in [-0.1, -0.05) is 19.1 Å². The second-order valence-corrected chi connectivity index (χ2v) is 5.49. The molecule has 2 amide bonds. The molecule has 0 aliphatic carbocycles. The van der Waals surface area contributed by atoms with Crippen LogP contribution in [0.2, 0.25) is 0 Å². The molecule has 2 aromatic rings. The van der Waals surface area contributed by atoms with E-state index in [1.165, 1.54) is 11.9 Å². The van der Waals surface area contributed by atoms with Crippen LogP contribution in [-0.4, -0.2) is 42.3 Å². The Bertz CT molecular complexity index is 684. The summed E-state index contributed by atoms with van der Waals surface area (Å²) in [6.07, 6.45) is 2.42. The monoisotopic (exact) mass is 327 g/mol. The molecule has 1 fully saturated rings. The van der Waals surface area contributed by atoms with Gasteiger partial charge in [0.1, 0.15) is 18.0 Å². The van der Waals surface area contributed by atoms with Crippen molar-refractivity contribution >= 4 is 23.4 Å². The van der Waals surface area contributed by atoms with Gasteiger partial charge in [-0.15, -0.1) is 0 Å². The van der Waals surface area contributed by atoms with Crippen LogP contribution in [0, 0.1) is 0 Å². The molecule has 0 unspecified atom stereocenters. The van der Waals surface area contributed by atoms with Crippen LogP contribution in [0.5, 0.6) is 0 Å². The lowest BCUT2D eigenvalue weighted by atomic mass is 10.1. The highest BCUT2D eigenvalue weighted by Gasteiger charge is 2.13. The van der Waals surface area contributed by atoms with Gasteiger partial charge in [-0.25, -0.2) is 14.8 Å². The number of urea groups is 1. The van der Waals surface area contributed by atoms with E-state index >= 15 is 0 Å². The van der Waals surface area contributed by atoms with Gasteiger partial charge in [0, 0.05) is 24.8 Å². The third-order valence-electron chi connectivity index (χ3n) is 3.85. The van der Waals surface area contributed by atoms with Crippen molar-refractivity contribution in [3.05, 3.63) is 42.2 Å². The van der Waals surface area contributed by atoms with E-state index in [1.807, 2.05) is 24.3 Å². The highest BCUT2D eigenvalue weighted by molar-refractivity contribution is 5.99. The smallest absolute Gasteiger partial charge is 0.324 e. The van der Waals surface area contributed by atoms with Crippen molar-refractivity contribution in [2.45, 2.75) is 13.3 Å². The molecule has 0 spiro atoms. The van der Waals surface area contributed by atoms with E-state index in [9.17, 15) is 4.79 Å². The van der Waals surface area contributed by atoms with Gasteiger partial charge in [-0.2, -0.15) is 0 Å². The Morgan fingerprint density at radius 2 is 1.92 bits per heavy atom. The molecule has 24 heavy (non-hydrogen) atoms. The first kappa shape index (κ1) is 16.2. The number of benzene rings is 1. The first-order valence-corrected chi connectivity index (χ1v) is 8.06. The van der Waals surface area contributed by atoms with Crippen LogP contribution < -0.4 is 15.5 Å². The van der Waals surface area contributed by atoms with Crippen molar-refractivity contribution in [3.63, 3.8) is 0 Å². The SMILES string of the molecule is CCc1ccc(NC(=O)Nc2cc(N3CCOCC3)ncn2)cc1.